The van der Waals surface area contributed by atoms with Crippen LogP contribution in [0.25, 0.3) is 0 Å². The van der Waals surface area contributed by atoms with Crippen molar-refractivity contribution in [3.63, 3.8) is 0 Å². The second-order valence-corrected chi connectivity index (χ2v) is 6.42. The number of piperidine rings is 3. The molecule has 114 valence electrons. The highest BCUT2D eigenvalue weighted by Gasteiger charge is 2.33. The summed E-state index contributed by atoms with van der Waals surface area (Å²) in [5.41, 5.74) is 1.71. The Hall–Kier alpha value is -1.55. The highest BCUT2D eigenvalue weighted by atomic mass is 16.5. The molecule has 3 heterocycles. The smallest absolute Gasteiger partial charge is 0.338 e. The molecule has 3 aliphatic heterocycles. The Bertz CT molecular complexity index is 490. The highest BCUT2D eigenvalue weighted by molar-refractivity contribution is 5.89. The van der Waals surface area contributed by atoms with Crippen molar-refractivity contribution in [1.82, 2.24) is 4.90 Å². The largest absolute Gasteiger partial charge is 0.459 e. The van der Waals surface area contributed by atoms with E-state index in [1.807, 2.05) is 38.1 Å². The van der Waals surface area contributed by atoms with Gasteiger partial charge >= 0.3 is 5.97 Å². The molecule has 0 saturated carbocycles. The van der Waals surface area contributed by atoms with Crippen LogP contribution in [0.4, 0.5) is 5.69 Å². The lowest BCUT2D eigenvalue weighted by molar-refractivity contribution is 0.0378. The van der Waals surface area contributed by atoms with Crippen molar-refractivity contribution in [1.29, 1.82) is 0 Å². The fourth-order valence-electron chi connectivity index (χ4n) is 3.33. The molecular weight excluding hydrogens is 264 g/mol. The number of fused-ring (bicyclic) bond motifs is 3. The van der Waals surface area contributed by atoms with Gasteiger partial charge in [-0.15, -0.1) is 0 Å². The zero-order valence-corrected chi connectivity index (χ0v) is 12.8. The van der Waals surface area contributed by atoms with Crippen LogP contribution in [0.5, 0.6) is 0 Å². The first-order valence-corrected chi connectivity index (χ1v) is 7.92. The van der Waals surface area contributed by atoms with E-state index in [4.69, 9.17) is 4.74 Å². The van der Waals surface area contributed by atoms with Gasteiger partial charge in [-0.3, -0.25) is 0 Å². The van der Waals surface area contributed by atoms with E-state index in [1.165, 1.54) is 25.9 Å². The molecule has 1 N–H and O–H groups in total. The van der Waals surface area contributed by atoms with Crippen LogP contribution in [0.1, 0.15) is 37.0 Å². The fraction of sp³-hybridized carbons (Fsp3) is 0.588. The van der Waals surface area contributed by atoms with Gasteiger partial charge in [-0.2, -0.15) is 0 Å². The lowest BCUT2D eigenvalue weighted by Gasteiger charge is -2.45. The van der Waals surface area contributed by atoms with E-state index >= 15 is 0 Å². The second-order valence-electron chi connectivity index (χ2n) is 6.42. The van der Waals surface area contributed by atoms with E-state index in [9.17, 15) is 4.79 Å². The van der Waals surface area contributed by atoms with Gasteiger partial charge in [-0.05, 0) is 70.0 Å². The zero-order valence-electron chi connectivity index (χ0n) is 12.8. The average Bonchev–Trinajstić information content (AvgIpc) is 2.48. The molecule has 3 saturated heterocycles. The van der Waals surface area contributed by atoms with Crippen molar-refractivity contribution in [2.45, 2.75) is 38.8 Å². The number of ether oxygens (including phenoxy) is 1. The third-order valence-electron chi connectivity index (χ3n) is 4.47. The Morgan fingerprint density at radius 2 is 1.90 bits per heavy atom. The summed E-state index contributed by atoms with van der Waals surface area (Å²) in [5, 5.41) is 3.63. The first-order chi connectivity index (χ1) is 10.1. The number of benzene rings is 1. The molecule has 1 aromatic carbocycles. The van der Waals surface area contributed by atoms with Crippen LogP contribution in [0.15, 0.2) is 24.3 Å². The summed E-state index contributed by atoms with van der Waals surface area (Å²) in [6.45, 7) is 7.37. The van der Waals surface area contributed by atoms with E-state index < -0.39 is 0 Å². The minimum atomic E-state index is -0.251. The summed E-state index contributed by atoms with van der Waals surface area (Å²) in [6.07, 6.45) is 2.52. The standard InChI is InChI=1S/C17H24N2O2/c1-12(2)21-17(20)14-3-5-15(6-4-14)18-16-11-19-9-7-13(16)8-10-19/h3-6,12-13,16,18H,7-11H2,1-2H3. The number of carbonyl (C=O) groups is 1. The van der Waals surface area contributed by atoms with E-state index in [2.05, 4.69) is 10.2 Å². The van der Waals surface area contributed by atoms with Gasteiger partial charge in [0, 0.05) is 18.3 Å². The zero-order chi connectivity index (χ0) is 14.8. The summed E-state index contributed by atoms with van der Waals surface area (Å²) in [6, 6.07) is 8.19. The molecule has 0 aliphatic carbocycles. The van der Waals surface area contributed by atoms with Crippen molar-refractivity contribution in [2.24, 2.45) is 5.92 Å². The van der Waals surface area contributed by atoms with E-state index in [1.54, 1.807) is 0 Å². The molecule has 3 aliphatic rings. The fourth-order valence-corrected chi connectivity index (χ4v) is 3.33. The molecule has 3 fully saturated rings. The molecule has 0 radical (unpaired) electrons. The predicted molar refractivity (Wildman–Crippen MR) is 83.6 cm³/mol. The monoisotopic (exact) mass is 288 g/mol. The van der Waals surface area contributed by atoms with Gasteiger partial charge in [0.15, 0.2) is 0 Å². The first-order valence-electron chi connectivity index (χ1n) is 7.92. The quantitative estimate of drug-likeness (QED) is 0.865. The van der Waals surface area contributed by atoms with E-state index in [0.717, 1.165) is 18.2 Å². The third kappa shape index (κ3) is 3.38. The molecular formula is C17H24N2O2. The Morgan fingerprint density at radius 1 is 1.24 bits per heavy atom. The van der Waals surface area contributed by atoms with Gasteiger partial charge in [0.2, 0.25) is 0 Å². The number of hydrogen-bond acceptors (Lipinski definition) is 4. The number of anilines is 1. The Kier molecular flexibility index (Phi) is 4.15. The summed E-state index contributed by atoms with van der Waals surface area (Å²) >= 11 is 0. The molecule has 0 amide bonds. The molecule has 1 atom stereocenters. The van der Waals surface area contributed by atoms with E-state index in [-0.39, 0.29) is 12.1 Å². The van der Waals surface area contributed by atoms with Gasteiger partial charge in [-0.25, -0.2) is 4.79 Å². The normalized spacial score (nSPS) is 27.7. The van der Waals surface area contributed by atoms with Crippen LogP contribution in [0.2, 0.25) is 0 Å². The van der Waals surface area contributed by atoms with Gasteiger partial charge in [-0.1, -0.05) is 0 Å². The van der Waals surface area contributed by atoms with Crippen LogP contribution in [0, 0.1) is 5.92 Å². The lowest BCUT2D eigenvalue weighted by atomic mass is 9.84. The van der Waals surface area contributed by atoms with Crippen molar-refractivity contribution >= 4 is 11.7 Å². The van der Waals surface area contributed by atoms with Crippen molar-refractivity contribution < 1.29 is 9.53 Å². The van der Waals surface area contributed by atoms with Gasteiger partial charge in [0.05, 0.1) is 11.7 Å². The number of esters is 1. The second kappa shape index (κ2) is 6.06. The van der Waals surface area contributed by atoms with Crippen LogP contribution >= 0.6 is 0 Å². The van der Waals surface area contributed by atoms with Gasteiger partial charge in [0.1, 0.15) is 0 Å². The first kappa shape index (κ1) is 14.4. The topological polar surface area (TPSA) is 41.6 Å². The SMILES string of the molecule is CC(C)OC(=O)c1ccc(NC2CN3CCC2CC3)cc1. The maximum absolute atomic E-state index is 11.8. The van der Waals surface area contributed by atoms with Crippen molar-refractivity contribution in [3.05, 3.63) is 29.8 Å². The predicted octanol–water partition coefficient (Wildman–Crippen LogP) is 2.76. The molecule has 21 heavy (non-hydrogen) atoms. The highest BCUT2D eigenvalue weighted by Crippen LogP contribution is 2.29. The number of carbonyl (C=O) groups excluding carboxylic acids is 1. The molecule has 0 spiro atoms. The van der Waals surface area contributed by atoms with E-state index in [0.29, 0.717) is 11.6 Å². The molecule has 0 aromatic heterocycles. The number of rotatable bonds is 4. The van der Waals surface area contributed by atoms with Crippen LogP contribution in [-0.4, -0.2) is 42.6 Å². The summed E-state index contributed by atoms with van der Waals surface area (Å²) in [4.78, 5) is 14.3. The number of nitrogens with one attached hydrogen (secondary N) is 1. The summed E-state index contributed by atoms with van der Waals surface area (Å²) in [5.74, 6) is 0.542. The maximum atomic E-state index is 11.8. The Labute approximate surface area is 126 Å². The molecule has 1 aromatic rings. The minimum absolute atomic E-state index is 0.0814. The molecule has 4 heteroatoms. The number of hydrogen-bond donors (Lipinski definition) is 1. The maximum Gasteiger partial charge on any atom is 0.338 e. The molecule has 2 bridgehead atoms. The Balaban J connectivity index is 1.61. The molecule has 4 rings (SSSR count). The minimum Gasteiger partial charge on any atom is -0.459 e. The molecule has 1 unspecified atom stereocenters. The van der Waals surface area contributed by atoms with Gasteiger partial charge in [0.25, 0.3) is 0 Å². The lowest BCUT2D eigenvalue weighted by Crippen LogP contribution is -2.53. The number of nitrogens with zero attached hydrogens (tertiary/aromatic N) is 1. The van der Waals surface area contributed by atoms with Crippen LogP contribution < -0.4 is 5.32 Å². The summed E-state index contributed by atoms with van der Waals surface area (Å²) < 4.78 is 5.20. The van der Waals surface area contributed by atoms with Crippen molar-refractivity contribution in [2.75, 3.05) is 25.0 Å². The van der Waals surface area contributed by atoms with Crippen molar-refractivity contribution in [3.8, 4) is 0 Å². The average molecular weight is 288 g/mol. The molecule has 4 nitrogen and oxygen atoms in total. The Morgan fingerprint density at radius 3 is 2.43 bits per heavy atom. The third-order valence-corrected chi connectivity index (χ3v) is 4.47. The van der Waals surface area contributed by atoms with Crippen LogP contribution in [0.3, 0.4) is 0 Å². The summed E-state index contributed by atoms with van der Waals surface area (Å²) in [7, 11) is 0. The van der Waals surface area contributed by atoms with Gasteiger partial charge < -0.3 is 15.0 Å². The van der Waals surface area contributed by atoms with Crippen LogP contribution in [-0.2, 0) is 4.74 Å².